The van der Waals surface area contributed by atoms with Crippen molar-refractivity contribution < 1.29 is 19.8 Å². The Morgan fingerprint density at radius 3 is 2.32 bits per heavy atom. The molecule has 0 saturated heterocycles. The summed E-state index contributed by atoms with van der Waals surface area (Å²) in [6, 6.07) is 13.5. The number of hydrogen-bond donors (Lipinski definition) is 3. The zero-order valence-electron chi connectivity index (χ0n) is 11.5. The van der Waals surface area contributed by atoms with E-state index in [2.05, 4.69) is 0 Å². The third kappa shape index (κ3) is 3.99. The molecule has 1 atom stereocenters. The Morgan fingerprint density at radius 2 is 1.77 bits per heavy atom. The standard InChI is InChI=1S/C16H14ClNO4/c17-13-8-10(9-14(15(19)20)18-16(21)22)6-7-12(13)11-4-2-1-3-5-11/h1-8,14,18H,9H2,(H,19,20)(H,21,22). The molecule has 6 heteroatoms. The van der Waals surface area contributed by atoms with Gasteiger partial charge in [-0.25, -0.2) is 9.59 Å². The molecule has 0 fully saturated rings. The number of halogens is 1. The molecule has 0 bridgehead atoms. The van der Waals surface area contributed by atoms with E-state index in [1.54, 1.807) is 18.2 Å². The van der Waals surface area contributed by atoms with Crippen LogP contribution in [0.15, 0.2) is 48.5 Å². The summed E-state index contributed by atoms with van der Waals surface area (Å²) < 4.78 is 0. The second-order valence-electron chi connectivity index (χ2n) is 4.72. The van der Waals surface area contributed by atoms with Crippen LogP contribution < -0.4 is 5.32 Å². The molecule has 0 aliphatic carbocycles. The van der Waals surface area contributed by atoms with Crippen molar-refractivity contribution in [1.29, 1.82) is 0 Å². The molecule has 0 aromatic heterocycles. The zero-order valence-corrected chi connectivity index (χ0v) is 12.2. The summed E-state index contributed by atoms with van der Waals surface area (Å²) in [5, 5.41) is 20.1. The van der Waals surface area contributed by atoms with Crippen molar-refractivity contribution in [2.75, 3.05) is 0 Å². The van der Waals surface area contributed by atoms with Crippen LogP contribution in [0.1, 0.15) is 5.56 Å². The second kappa shape index (κ2) is 6.95. The average molecular weight is 320 g/mol. The molecule has 1 unspecified atom stereocenters. The maximum atomic E-state index is 11.1. The fraction of sp³-hybridized carbons (Fsp3) is 0.125. The van der Waals surface area contributed by atoms with E-state index in [0.717, 1.165) is 11.1 Å². The Morgan fingerprint density at radius 1 is 1.09 bits per heavy atom. The lowest BCUT2D eigenvalue weighted by Crippen LogP contribution is -2.41. The van der Waals surface area contributed by atoms with Crippen molar-refractivity contribution in [2.24, 2.45) is 0 Å². The van der Waals surface area contributed by atoms with Crippen LogP contribution in [0.3, 0.4) is 0 Å². The van der Waals surface area contributed by atoms with Gasteiger partial charge < -0.3 is 15.5 Å². The predicted octanol–water partition coefficient (Wildman–Crippen LogP) is 3.27. The van der Waals surface area contributed by atoms with Gasteiger partial charge in [0.15, 0.2) is 0 Å². The van der Waals surface area contributed by atoms with E-state index in [-0.39, 0.29) is 6.42 Å². The largest absolute Gasteiger partial charge is 0.480 e. The van der Waals surface area contributed by atoms with Crippen molar-refractivity contribution in [3.63, 3.8) is 0 Å². The molecule has 2 aromatic carbocycles. The Hall–Kier alpha value is -2.53. The van der Waals surface area contributed by atoms with E-state index in [9.17, 15) is 9.59 Å². The highest BCUT2D eigenvalue weighted by Gasteiger charge is 2.20. The zero-order chi connectivity index (χ0) is 16.1. The SMILES string of the molecule is O=C(O)NC(Cc1ccc(-c2ccccc2)c(Cl)c1)C(=O)O. The van der Waals surface area contributed by atoms with Gasteiger partial charge in [0.25, 0.3) is 0 Å². The highest BCUT2D eigenvalue weighted by molar-refractivity contribution is 6.33. The van der Waals surface area contributed by atoms with Crippen LogP contribution in [0.25, 0.3) is 11.1 Å². The third-order valence-corrected chi connectivity index (χ3v) is 3.47. The van der Waals surface area contributed by atoms with Gasteiger partial charge >= 0.3 is 12.1 Å². The third-order valence-electron chi connectivity index (χ3n) is 3.15. The molecule has 114 valence electrons. The molecular weight excluding hydrogens is 306 g/mol. The minimum absolute atomic E-state index is 0.0242. The van der Waals surface area contributed by atoms with Crippen molar-refractivity contribution in [3.05, 3.63) is 59.1 Å². The number of carboxylic acids is 1. The normalized spacial score (nSPS) is 11.7. The van der Waals surface area contributed by atoms with Gasteiger partial charge in [0.05, 0.1) is 0 Å². The molecule has 1 amide bonds. The smallest absolute Gasteiger partial charge is 0.405 e. The first-order valence-corrected chi connectivity index (χ1v) is 6.91. The van der Waals surface area contributed by atoms with Crippen molar-refractivity contribution >= 4 is 23.7 Å². The summed E-state index contributed by atoms with van der Waals surface area (Å²) in [6.07, 6.45) is -1.35. The summed E-state index contributed by atoms with van der Waals surface area (Å²) in [5.41, 5.74) is 2.44. The first kappa shape index (κ1) is 15.9. The highest BCUT2D eigenvalue weighted by Crippen LogP contribution is 2.28. The van der Waals surface area contributed by atoms with E-state index >= 15 is 0 Å². The number of amides is 1. The summed E-state index contributed by atoms with van der Waals surface area (Å²) in [6.45, 7) is 0. The van der Waals surface area contributed by atoms with E-state index in [0.29, 0.717) is 10.6 Å². The van der Waals surface area contributed by atoms with Gasteiger partial charge in [-0.15, -0.1) is 0 Å². The molecular formula is C16H14ClNO4. The van der Waals surface area contributed by atoms with Gasteiger partial charge in [-0.3, -0.25) is 0 Å². The number of carboxylic acid groups (broad SMARTS) is 2. The molecule has 2 aromatic rings. The molecule has 3 N–H and O–H groups in total. The van der Waals surface area contributed by atoms with Gasteiger partial charge in [-0.1, -0.05) is 54.1 Å². The van der Waals surface area contributed by atoms with Crippen molar-refractivity contribution in [3.8, 4) is 11.1 Å². The van der Waals surface area contributed by atoms with Crippen LogP contribution in [-0.4, -0.2) is 28.3 Å². The summed E-state index contributed by atoms with van der Waals surface area (Å²) in [4.78, 5) is 21.7. The van der Waals surface area contributed by atoms with Crippen LogP contribution in [0.4, 0.5) is 4.79 Å². The lowest BCUT2D eigenvalue weighted by atomic mass is 10.0. The topological polar surface area (TPSA) is 86.6 Å². The number of hydrogen-bond acceptors (Lipinski definition) is 2. The lowest BCUT2D eigenvalue weighted by molar-refractivity contribution is -0.139. The number of carbonyl (C=O) groups is 2. The molecule has 0 aliphatic heterocycles. The van der Waals surface area contributed by atoms with E-state index in [1.165, 1.54) is 0 Å². The Kier molecular flexibility index (Phi) is 5.01. The van der Waals surface area contributed by atoms with Crippen molar-refractivity contribution in [1.82, 2.24) is 5.32 Å². The Bertz CT molecular complexity index is 688. The summed E-state index contributed by atoms with van der Waals surface area (Å²) in [5.74, 6) is -1.23. The van der Waals surface area contributed by atoms with Gasteiger partial charge in [-0.2, -0.15) is 0 Å². The number of benzene rings is 2. The molecule has 0 heterocycles. The monoisotopic (exact) mass is 319 g/mol. The Labute approximate surface area is 132 Å². The molecule has 0 saturated carbocycles. The van der Waals surface area contributed by atoms with Crippen LogP contribution in [0, 0.1) is 0 Å². The van der Waals surface area contributed by atoms with E-state index < -0.39 is 18.1 Å². The fourth-order valence-electron chi connectivity index (χ4n) is 2.12. The molecule has 0 aliphatic rings. The minimum Gasteiger partial charge on any atom is -0.480 e. The molecule has 2 rings (SSSR count). The number of aliphatic carboxylic acids is 1. The van der Waals surface area contributed by atoms with Gasteiger partial charge in [0, 0.05) is 17.0 Å². The maximum absolute atomic E-state index is 11.1. The first-order valence-electron chi connectivity index (χ1n) is 6.53. The van der Waals surface area contributed by atoms with Gasteiger partial charge in [-0.05, 0) is 17.2 Å². The van der Waals surface area contributed by atoms with Crippen molar-refractivity contribution in [2.45, 2.75) is 12.5 Å². The molecule has 22 heavy (non-hydrogen) atoms. The second-order valence-corrected chi connectivity index (χ2v) is 5.13. The predicted molar refractivity (Wildman–Crippen MR) is 83.2 cm³/mol. The average Bonchev–Trinajstić information content (AvgIpc) is 2.47. The number of nitrogens with one attached hydrogen (secondary N) is 1. The van der Waals surface area contributed by atoms with Crippen LogP contribution in [-0.2, 0) is 11.2 Å². The van der Waals surface area contributed by atoms with Crippen LogP contribution in [0.5, 0.6) is 0 Å². The van der Waals surface area contributed by atoms with Gasteiger partial charge in [0.1, 0.15) is 6.04 Å². The van der Waals surface area contributed by atoms with Crippen LogP contribution >= 0.6 is 11.6 Å². The lowest BCUT2D eigenvalue weighted by Gasteiger charge is -2.13. The van der Waals surface area contributed by atoms with E-state index in [4.69, 9.17) is 21.8 Å². The van der Waals surface area contributed by atoms with Crippen LogP contribution in [0.2, 0.25) is 5.02 Å². The summed E-state index contributed by atoms with van der Waals surface area (Å²) in [7, 11) is 0. The molecule has 0 radical (unpaired) electrons. The quantitative estimate of drug-likeness (QED) is 0.789. The van der Waals surface area contributed by atoms with Gasteiger partial charge in [0.2, 0.25) is 0 Å². The highest BCUT2D eigenvalue weighted by atomic mass is 35.5. The maximum Gasteiger partial charge on any atom is 0.405 e. The minimum atomic E-state index is -1.38. The van der Waals surface area contributed by atoms with E-state index in [1.807, 2.05) is 35.6 Å². The molecule has 5 nitrogen and oxygen atoms in total. The number of rotatable bonds is 5. The molecule has 0 spiro atoms. The fourth-order valence-corrected chi connectivity index (χ4v) is 2.43. The summed E-state index contributed by atoms with van der Waals surface area (Å²) >= 11 is 6.25. The Balaban J connectivity index is 2.22. The first-order chi connectivity index (χ1) is 10.5.